The molecule has 3 unspecified atom stereocenters. The molecule has 0 rings (SSSR count). The van der Waals surface area contributed by atoms with E-state index in [4.69, 9.17) is 38.3 Å². The molecule has 0 spiro atoms. The van der Waals surface area contributed by atoms with Crippen molar-refractivity contribution >= 4 is 17.9 Å². The number of aliphatic carboxylic acids is 3. The molecule has 11 N–H and O–H groups in total. The summed E-state index contributed by atoms with van der Waals surface area (Å²) in [6.07, 6.45) is 11.5. The SMILES string of the molecule is CCC(C)C(N)C(=O)O.NCCCC(N)C(=O)O.NCCCCCCCCCCC(=O)O. The fraction of sp³-hybridized carbons (Fsp3) is 0.864. The molecule has 10 nitrogen and oxygen atoms in total. The van der Waals surface area contributed by atoms with Crippen LogP contribution in [0.1, 0.15) is 90.9 Å². The Kier molecular flexibility index (Phi) is 27.8. The number of carboxylic acid groups (broad SMARTS) is 3. The summed E-state index contributed by atoms with van der Waals surface area (Å²) in [5.41, 5.74) is 20.9. The normalized spacial score (nSPS) is 12.9. The van der Waals surface area contributed by atoms with Gasteiger partial charge in [0.15, 0.2) is 0 Å². The topological polar surface area (TPSA) is 216 Å². The molecule has 0 aliphatic carbocycles. The third-order valence-corrected chi connectivity index (χ3v) is 4.92. The Morgan fingerprint density at radius 1 is 0.719 bits per heavy atom. The van der Waals surface area contributed by atoms with Gasteiger partial charge >= 0.3 is 17.9 Å². The second kappa shape index (κ2) is 25.5. The number of unbranched alkanes of at least 4 members (excludes halogenated alkanes) is 7. The zero-order valence-electron chi connectivity index (χ0n) is 20.0. The highest BCUT2D eigenvalue weighted by molar-refractivity contribution is 5.73. The van der Waals surface area contributed by atoms with Gasteiger partial charge in [-0.25, -0.2) is 0 Å². The predicted octanol–water partition coefficient (Wildman–Crippen LogP) is 2.12. The van der Waals surface area contributed by atoms with Gasteiger partial charge in [-0.1, -0.05) is 58.8 Å². The maximum Gasteiger partial charge on any atom is 0.320 e. The molecule has 0 amide bonds. The van der Waals surface area contributed by atoms with E-state index in [1.807, 2.05) is 13.8 Å². The zero-order valence-corrected chi connectivity index (χ0v) is 20.0. The average molecular weight is 465 g/mol. The zero-order chi connectivity index (χ0) is 25.4. The highest BCUT2D eigenvalue weighted by atomic mass is 16.4. The number of carbonyl (C=O) groups is 3. The van der Waals surface area contributed by atoms with Gasteiger partial charge in [0.05, 0.1) is 0 Å². The maximum absolute atomic E-state index is 10.2. The lowest BCUT2D eigenvalue weighted by molar-refractivity contribution is -0.140. The second-order valence-electron chi connectivity index (χ2n) is 7.89. The molecule has 32 heavy (non-hydrogen) atoms. The van der Waals surface area contributed by atoms with E-state index >= 15 is 0 Å². The van der Waals surface area contributed by atoms with Crippen molar-refractivity contribution in [1.82, 2.24) is 0 Å². The van der Waals surface area contributed by atoms with Crippen molar-refractivity contribution < 1.29 is 29.7 Å². The molecule has 0 radical (unpaired) electrons. The lowest BCUT2D eigenvalue weighted by Gasteiger charge is -2.11. The van der Waals surface area contributed by atoms with E-state index in [1.54, 1.807) is 0 Å². The van der Waals surface area contributed by atoms with E-state index in [-0.39, 0.29) is 5.92 Å². The Morgan fingerprint density at radius 3 is 1.47 bits per heavy atom. The molecule has 0 saturated heterocycles. The van der Waals surface area contributed by atoms with Gasteiger partial charge in [0, 0.05) is 6.42 Å². The summed E-state index contributed by atoms with van der Waals surface area (Å²) in [6, 6.07) is -1.44. The highest BCUT2D eigenvalue weighted by Gasteiger charge is 2.17. The number of carboxylic acids is 3. The van der Waals surface area contributed by atoms with Gasteiger partial charge in [-0.05, 0) is 44.7 Å². The van der Waals surface area contributed by atoms with Crippen LogP contribution in [0.15, 0.2) is 0 Å². The molecular formula is C22H48N4O6. The Hall–Kier alpha value is -1.75. The van der Waals surface area contributed by atoms with Crippen LogP contribution < -0.4 is 22.9 Å². The molecule has 3 atom stereocenters. The van der Waals surface area contributed by atoms with Gasteiger partial charge in [-0.3, -0.25) is 14.4 Å². The molecule has 192 valence electrons. The van der Waals surface area contributed by atoms with E-state index in [0.717, 1.165) is 32.2 Å². The van der Waals surface area contributed by atoms with Gasteiger partial charge in [0.1, 0.15) is 12.1 Å². The highest BCUT2D eigenvalue weighted by Crippen LogP contribution is 2.09. The summed E-state index contributed by atoms with van der Waals surface area (Å²) in [5.74, 6) is -2.47. The monoisotopic (exact) mass is 464 g/mol. The molecule has 0 aromatic rings. The molecular weight excluding hydrogens is 416 g/mol. The third kappa shape index (κ3) is 28.2. The summed E-state index contributed by atoms with van der Waals surface area (Å²) < 4.78 is 0. The molecule has 0 aliphatic rings. The minimum absolute atomic E-state index is 0.0718. The fourth-order valence-corrected chi connectivity index (χ4v) is 2.44. The Bertz CT molecular complexity index is 466. The Morgan fingerprint density at radius 2 is 1.16 bits per heavy atom. The van der Waals surface area contributed by atoms with Crippen molar-refractivity contribution in [3.05, 3.63) is 0 Å². The molecule has 0 heterocycles. The maximum atomic E-state index is 10.2. The van der Waals surface area contributed by atoms with Crippen molar-refractivity contribution in [3.8, 4) is 0 Å². The van der Waals surface area contributed by atoms with E-state index in [2.05, 4.69) is 0 Å². The molecule has 0 fully saturated rings. The van der Waals surface area contributed by atoms with E-state index in [1.165, 1.54) is 32.1 Å². The first-order chi connectivity index (χ1) is 15.0. The van der Waals surface area contributed by atoms with Gasteiger partial charge in [0.25, 0.3) is 0 Å². The van der Waals surface area contributed by atoms with Gasteiger partial charge in [-0.2, -0.15) is 0 Å². The first kappa shape index (κ1) is 34.9. The van der Waals surface area contributed by atoms with Gasteiger partial charge < -0.3 is 38.3 Å². The number of nitrogens with two attached hydrogens (primary N) is 4. The second-order valence-corrected chi connectivity index (χ2v) is 7.89. The number of hydrogen-bond donors (Lipinski definition) is 7. The quantitative estimate of drug-likeness (QED) is 0.155. The van der Waals surface area contributed by atoms with Crippen LogP contribution in [-0.2, 0) is 14.4 Å². The minimum Gasteiger partial charge on any atom is -0.481 e. The smallest absolute Gasteiger partial charge is 0.320 e. The van der Waals surface area contributed by atoms with Crippen LogP contribution in [0.3, 0.4) is 0 Å². The molecule has 0 aromatic heterocycles. The summed E-state index contributed by atoms with van der Waals surface area (Å²) in [4.78, 5) is 30.4. The molecule has 0 aliphatic heterocycles. The summed E-state index contributed by atoms with van der Waals surface area (Å²) >= 11 is 0. The molecule has 0 saturated carbocycles. The Balaban J connectivity index is -0.000000411. The van der Waals surface area contributed by atoms with Crippen molar-refractivity contribution in [2.75, 3.05) is 13.1 Å². The van der Waals surface area contributed by atoms with Gasteiger partial charge in [-0.15, -0.1) is 0 Å². The number of rotatable bonds is 17. The van der Waals surface area contributed by atoms with Crippen molar-refractivity contribution in [1.29, 1.82) is 0 Å². The van der Waals surface area contributed by atoms with Crippen LogP contribution in [-0.4, -0.2) is 58.4 Å². The van der Waals surface area contributed by atoms with Crippen LogP contribution >= 0.6 is 0 Å². The van der Waals surface area contributed by atoms with E-state index < -0.39 is 30.0 Å². The van der Waals surface area contributed by atoms with E-state index in [9.17, 15) is 14.4 Å². The van der Waals surface area contributed by atoms with Crippen molar-refractivity contribution in [2.24, 2.45) is 28.9 Å². The number of hydrogen-bond acceptors (Lipinski definition) is 7. The van der Waals surface area contributed by atoms with Gasteiger partial charge in [0.2, 0.25) is 0 Å². The lowest BCUT2D eigenvalue weighted by Crippen LogP contribution is -2.36. The Labute approximate surface area is 193 Å². The largest absolute Gasteiger partial charge is 0.481 e. The first-order valence-electron chi connectivity index (χ1n) is 11.6. The van der Waals surface area contributed by atoms with E-state index in [0.29, 0.717) is 25.8 Å². The van der Waals surface area contributed by atoms with Crippen molar-refractivity contribution in [2.45, 2.75) is 103 Å². The third-order valence-electron chi connectivity index (χ3n) is 4.92. The molecule has 10 heteroatoms. The van der Waals surface area contributed by atoms with Crippen LogP contribution in [0.5, 0.6) is 0 Å². The predicted molar refractivity (Wildman–Crippen MR) is 127 cm³/mol. The summed E-state index contributed by atoms with van der Waals surface area (Å²) in [7, 11) is 0. The molecule has 0 aromatic carbocycles. The van der Waals surface area contributed by atoms with Crippen molar-refractivity contribution in [3.63, 3.8) is 0 Å². The summed E-state index contributed by atoms with van der Waals surface area (Å²) in [5, 5.41) is 25.0. The summed E-state index contributed by atoms with van der Waals surface area (Å²) in [6.45, 7) is 5.06. The van der Waals surface area contributed by atoms with Crippen LogP contribution in [0, 0.1) is 5.92 Å². The molecule has 0 bridgehead atoms. The fourth-order valence-electron chi connectivity index (χ4n) is 2.44. The standard InChI is InChI=1S/C11H23NO2.C6H13NO2.C5H12N2O2/c12-10-8-6-4-2-1-3-5-7-9-11(13)14;1-3-4(2)5(7)6(8)9;6-3-1-2-4(7)5(8)9/h1-10,12H2,(H,13,14);4-5H,3,7H2,1-2H3,(H,8,9);4H,1-3,6-7H2,(H,8,9). The van der Waals surface area contributed by atoms with Crippen LogP contribution in [0.4, 0.5) is 0 Å². The minimum atomic E-state index is -0.955. The average Bonchev–Trinajstić information content (AvgIpc) is 2.75. The first-order valence-corrected chi connectivity index (χ1v) is 11.6. The van der Waals surface area contributed by atoms with Crippen LogP contribution in [0.2, 0.25) is 0 Å². The lowest BCUT2D eigenvalue weighted by atomic mass is 10.0. The van der Waals surface area contributed by atoms with Crippen LogP contribution in [0.25, 0.3) is 0 Å².